The van der Waals surface area contributed by atoms with Crippen molar-refractivity contribution in [3.8, 4) is 0 Å². The van der Waals surface area contributed by atoms with E-state index in [9.17, 15) is 9.59 Å². The van der Waals surface area contributed by atoms with Gasteiger partial charge in [-0.2, -0.15) is 0 Å². The van der Waals surface area contributed by atoms with E-state index in [0.29, 0.717) is 44.5 Å². The van der Waals surface area contributed by atoms with E-state index in [1.165, 1.54) is 30.6 Å². The minimum Gasteiger partial charge on any atom is -0.335 e. The summed E-state index contributed by atoms with van der Waals surface area (Å²) in [6, 6.07) is 0.323. The first-order valence-electron chi connectivity index (χ1n) is 8.66. The third kappa shape index (κ3) is 4.05. The van der Waals surface area contributed by atoms with Crippen LogP contribution in [-0.4, -0.2) is 58.9 Å². The van der Waals surface area contributed by atoms with Gasteiger partial charge in [-0.1, -0.05) is 19.3 Å². The van der Waals surface area contributed by atoms with E-state index in [0.717, 1.165) is 17.8 Å². The number of nitrogens with two attached hydrogens (primary N) is 1. The Kier molecular flexibility index (Phi) is 5.68. The fourth-order valence-corrected chi connectivity index (χ4v) is 3.94. The molecule has 1 aliphatic carbocycles. The quantitative estimate of drug-likeness (QED) is 0.861. The lowest BCUT2D eigenvalue weighted by Crippen LogP contribution is -2.54. The Labute approximate surface area is 146 Å². The number of carbonyl (C=O) groups is 2. The second-order valence-electron chi connectivity index (χ2n) is 6.39. The van der Waals surface area contributed by atoms with E-state index in [1.54, 1.807) is 10.3 Å². The molecule has 2 aliphatic rings. The molecule has 1 aromatic rings. The van der Waals surface area contributed by atoms with Crippen molar-refractivity contribution in [3.05, 3.63) is 16.1 Å². The van der Waals surface area contributed by atoms with Crippen LogP contribution in [0.15, 0.2) is 5.38 Å². The molecule has 7 nitrogen and oxygen atoms in total. The normalized spacial score (nSPS) is 19.4. The van der Waals surface area contributed by atoms with Crippen LogP contribution in [0, 0.1) is 0 Å². The van der Waals surface area contributed by atoms with E-state index in [-0.39, 0.29) is 11.9 Å². The first-order chi connectivity index (χ1) is 11.7. The average molecular weight is 351 g/mol. The number of urea groups is 1. The van der Waals surface area contributed by atoms with Gasteiger partial charge in [-0.15, -0.1) is 11.3 Å². The molecule has 0 aromatic carbocycles. The van der Waals surface area contributed by atoms with Crippen molar-refractivity contribution < 1.29 is 9.59 Å². The number of aromatic nitrogens is 1. The Morgan fingerprint density at radius 1 is 1.17 bits per heavy atom. The van der Waals surface area contributed by atoms with E-state index >= 15 is 0 Å². The molecule has 0 bridgehead atoms. The van der Waals surface area contributed by atoms with Crippen molar-refractivity contribution in [1.29, 1.82) is 0 Å². The Bertz CT molecular complexity index is 577. The molecule has 8 heteroatoms. The van der Waals surface area contributed by atoms with Crippen LogP contribution in [0.4, 0.5) is 4.79 Å². The van der Waals surface area contributed by atoms with Gasteiger partial charge in [0, 0.05) is 44.1 Å². The lowest BCUT2D eigenvalue weighted by molar-refractivity contribution is 0.0657. The fraction of sp³-hybridized carbons (Fsp3) is 0.688. The maximum Gasteiger partial charge on any atom is 0.317 e. The molecule has 24 heavy (non-hydrogen) atoms. The molecule has 0 spiro atoms. The van der Waals surface area contributed by atoms with Gasteiger partial charge in [0.2, 0.25) is 0 Å². The van der Waals surface area contributed by atoms with Crippen molar-refractivity contribution >= 4 is 23.3 Å². The SMILES string of the molecule is NCc1nc(C(=O)N2CCN(C(=O)NC3CCCCC3)CC2)cs1. The van der Waals surface area contributed by atoms with Crippen LogP contribution in [0.2, 0.25) is 0 Å². The van der Waals surface area contributed by atoms with Gasteiger partial charge >= 0.3 is 6.03 Å². The second-order valence-corrected chi connectivity index (χ2v) is 7.34. The van der Waals surface area contributed by atoms with Gasteiger partial charge in [-0.25, -0.2) is 9.78 Å². The Morgan fingerprint density at radius 2 is 1.83 bits per heavy atom. The summed E-state index contributed by atoms with van der Waals surface area (Å²) in [7, 11) is 0. The molecule has 1 saturated carbocycles. The summed E-state index contributed by atoms with van der Waals surface area (Å²) in [5.74, 6) is -0.0710. The standard InChI is InChI=1S/C16H25N5O2S/c17-10-14-19-13(11-24-14)15(22)20-6-8-21(9-7-20)16(23)18-12-4-2-1-3-5-12/h11-12H,1-10,17H2,(H,18,23). The van der Waals surface area contributed by atoms with E-state index in [4.69, 9.17) is 5.73 Å². The van der Waals surface area contributed by atoms with Crippen molar-refractivity contribution in [2.75, 3.05) is 26.2 Å². The smallest absolute Gasteiger partial charge is 0.317 e. The molecule has 2 fully saturated rings. The summed E-state index contributed by atoms with van der Waals surface area (Å²) in [6.07, 6.45) is 5.84. The van der Waals surface area contributed by atoms with E-state index in [2.05, 4.69) is 10.3 Å². The molecule has 1 aliphatic heterocycles. The van der Waals surface area contributed by atoms with Crippen LogP contribution in [0.5, 0.6) is 0 Å². The summed E-state index contributed by atoms with van der Waals surface area (Å²) in [4.78, 5) is 32.6. The Balaban J connectivity index is 1.47. The topological polar surface area (TPSA) is 91.6 Å². The number of nitrogens with zero attached hydrogens (tertiary/aromatic N) is 3. The van der Waals surface area contributed by atoms with Crippen molar-refractivity contribution in [2.45, 2.75) is 44.7 Å². The zero-order chi connectivity index (χ0) is 16.9. The molecule has 0 unspecified atom stereocenters. The monoisotopic (exact) mass is 351 g/mol. The second kappa shape index (κ2) is 7.94. The summed E-state index contributed by atoms with van der Waals surface area (Å²) in [6.45, 7) is 2.59. The number of hydrogen-bond acceptors (Lipinski definition) is 5. The fourth-order valence-electron chi connectivity index (χ4n) is 3.29. The molecule has 0 radical (unpaired) electrons. The molecule has 1 aromatic heterocycles. The van der Waals surface area contributed by atoms with Crippen molar-refractivity contribution in [1.82, 2.24) is 20.1 Å². The number of amides is 3. The summed E-state index contributed by atoms with van der Waals surface area (Å²) in [5, 5.41) is 5.66. The first kappa shape index (κ1) is 17.2. The van der Waals surface area contributed by atoms with Crippen molar-refractivity contribution in [2.24, 2.45) is 5.73 Å². The molecular formula is C16H25N5O2S. The number of nitrogens with one attached hydrogen (secondary N) is 1. The highest BCUT2D eigenvalue weighted by Crippen LogP contribution is 2.18. The maximum atomic E-state index is 12.4. The minimum absolute atomic E-state index is 0.00748. The number of thiazole rings is 1. The molecule has 3 amide bonds. The summed E-state index contributed by atoms with van der Waals surface area (Å²) in [5.41, 5.74) is 6.00. The molecule has 3 rings (SSSR count). The average Bonchev–Trinajstić information content (AvgIpc) is 3.11. The molecule has 132 valence electrons. The van der Waals surface area contributed by atoms with Gasteiger partial charge in [0.15, 0.2) is 0 Å². The minimum atomic E-state index is -0.0710. The van der Waals surface area contributed by atoms with Gasteiger partial charge < -0.3 is 20.9 Å². The Hall–Kier alpha value is -1.67. The van der Waals surface area contributed by atoms with Crippen LogP contribution >= 0.6 is 11.3 Å². The van der Waals surface area contributed by atoms with Crippen LogP contribution in [-0.2, 0) is 6.54 Å². The van der Waals surface area contributed by atoms with Gasteiger partial charge in [0.25, 0.3) is 5.91 Å². The molecule has 0 atom stereocenters. The predicted molar refractivity (Wildman–Crippen MR) is 92.9 cm³/mol. The Morgan fingerprint density at radius 3 is 2.46 bits per heavy atom. The summed E-state index contributed by atoms with van der Waals surface area (Å²) < 4.78 is 0. The van der Waals surface area contributed by atoms with Gasteiger partial charge in [0.05, 0.1) is 0 Å². The lowest BCUT2D eigenvalue weighted by atomic mass is 9.96. The van der Waals surface area contributed by atoms with Gasteiger partial charge in [-0.05, 0) is 12.8 Å². The number of carbonyl (C=O) groups excluding carboxylic acids is 2. The predicted octanol–water partition coefficient (Wildman–Crippen LogP) is 1.40. The number of piperazine rings is 1. The third-order valence-electron chi connectivity index (χ3n) is 4.73. The van der Waals surface area contributed by atoms with Gasteiger partial charge in [-0.3, -0.25) is 4.79 Å². The molecule has 2 heterocycles. The largest absolute Gasteiger partial charge is 0.335 e. The molecular weight excluding hydrogens is 326 g/mol. The zero-order valence-electron chi connectivity index (χ0n) is 13.9. The van der Waals surface area contributed by atoms with E-state index in [1.807, 2.05) is 4.90 Å². The number of hydrogen-bond donors (Lipinski definition) is 2. The number of rotatable bonds is 3. The highest BCUT2D eigenvalue weighted by molar-refractivity contribution is 7.09. The first-order valence-corrected chi connectivity index (χ1v) is 9.54. The van der Waals surface area contributed by atoms with Crippen LogP contribution in [0.25, 0.3) is 0 Å². The van der Waals surface area contributed by atoms with Crippen LogP contribution < -0.4 is 11.1 Å². The van der Waals surface area contributed by atoms with Gasteiger partial charge in [0.1, 0.15) is 10.7 Å². The van der Waals surface area contributed by atoms with Crippen molar-refractivity contribution in [3.63, 3.8) is 0 Å². The van der Waals surface area contributed by atoms with Crippen LogP contribution in [0.3, 0.4) is 0 Å². The lowest BCUT2D eigenvalue weighted by Gasteiger charge is -2.35. The van der Waals surface area contributed by atoms with Crippen LogP contribution in [0.1, 0.15) is 47.6 Å². The van der Waals surface area contributed by atoms with E-state index < -0.39 is 0 Å². The zero-order valence-corrected chi connectivity index (χ0v) is 14.7. The summed E-state index contributed by atoms with van der Waals surface area (Å²) >= 11 is 1.41. The highest BCUT2D eigenvalue weighted by Gasteiger charge is 2.27. The highest BCUT2D eigenvalue weighted by atomic mass is 32.1. The molecule has 3 N–H and O–H groups in total. The molecule has 1 saturated heterocycles. The third-order valence-corrected chi connectivity index (χ3v) is 5.60. The maximum absolute atomic E-state index is 12.4.